The van der Waals surface area contributed by atoms with Gasteiger partial charge in [0.15, 0.2) is 5.82 Å². The molecule has 4 N–H and O–H groups in total. The molecule has 100 valence electrons. The Kier molecular flexibility index (Phi) is 3.38. The van der Waals surface area contributed by atoms with Crippen molar-refractivity contribution in [2.45, 2.75) is 13.5 Å². The second kappa shape index (κ2) is 4.98. The van der Waals surface area contributed by atoms with Crippen molar-refractivity contribution in [1.82, 2.24) is 19.5 Å². The molecule has 0 aliphatic heterocycles. The summed E-state index contributed by atoms with van der Waals surface area (Å²) in [6.07, 6.45) is 0.808. The molecule has 2 aromatic heterocycles. The number of aromatic amines is 1. The van der Waals surface area contributed by atoms with E-state index >= 15 is 0 Å². The third kappa shape index (κ3) is 2.83. The Balaban J connectivity index is 2.41. The highest BCUT2D eigenvalue weighted by Gasteiger charge is 2.07. The fraction of sp³-hybridized carbons (Fsp3) is 0.200. The van der Waals surface area contributed by atoms with Gasteiger partial charge in [0, 0.05) is 11.8 Å². The minimum Gasteiger partial charge on any atom is -0.308 e. The molecule has 0 fully saturated rings. The predicted octanol–water partition coefficient (Wildman–Crippen LogP) is -0.892. The second-order valence-electron chi connectivity index (χ2n) is 3.82. The highest BCUT2D eigenvalue weighted by Crippen LogP contribution is 2.05. The van der Waals surface area contributed by atoms with Gasteiger partial charge in [0.1, 0.15) is 5.82 Å². The van der Waals surface area contributed by atoms with Crippen molar-refractivity contribution < 1.29 is 4.39 Å². The van der Waals surface area contributed by atoms with Crippen molar-refractivity contribution in [3.63, 3.8) is 0 Å². The number of anilines is 1. The molecule has 0 saturated carbocycles. The van der Waals surface area contributed by atoms with Gasteiger partial charge < -0.3 is 5.43 Å². The van der Waals surface area contributed by atoms with Crippen LogP contribution in [-0.4, -0.2) is 19.5 Å². The quantitative estimate of drug-likeness (QED) is 0.489. The van der Waals surface area contributed by atoms with Crippen LogP contribution in [0.1, 0.15) is 11.5 Å². The van der Waals surface area contributed by atoms with Gasteiger partial charge in [-0.2, -0.15) is 4.39 Å². The predicted molar refractivity (Wildman–Crippen MR) is 65.0 cm³/mol. The average molecular weight is 266 g/mol. The number of rotatable bonds is 3. The number of nitrogens with two attached hydrogens (primary N) is 1. The number of hydrogen-bond acceptors (Lipinski definition) is 6. The summed E-state index contributed by atoms with van der Waals surface area (Å²) in [6, 6.07) is 1.61. The van der Waals surface area contributed by atoms with Crippen molar-refractivity contribution in [3.05, 3.63) is 50.4 Å². The lowest BCUT2D eigenvalue weighted by Gasteiger charge is -2.07. The van der Waals surface area contributed by atoms with Crippen LogP contribution in [0.15, 0.2) is 21.9 Å². The van der Waals surface area contributed by atoms with Gasteiger partial charge in [0.25, 0.3) is 5.56 Å². The Labute approximate surface area is 106 Å². The van der Waals surface area contributed by atoms with E-state index in [1.54, 1.807) is 13.0 Å². The summed E-state index contributed by atoms with van der Waals surface area (Å²) in [5.41, 5.74) is 1.20. The third-order valence-corrected chi connectivity index (χ3v) is 2.33. The molecule has 0 saturated heterocycles. The summed E-state index contributed by atoms with van der Waals surface area (Å²) in [5, 5.41) is 0. The first-order valence-corrected chi connectivity index (χ1v) is 5.30. The number of hydrazine groups is 1. The smallest absolute Gasteiger partial charge is 0.308 e. The molecule has 0 aliphatic carbocycles. The summed E-state index contributed by atoms with van der Waals surface area (Å²) < 4.78 is 14.1. The summed E-state index contributed by atoms with van der Waals surface area (Å²) in [4.78, 5) is 32.3. The lowest BCUT2D eigenvalue weighted by atomic mass is 10.4. The largest absolute Gasteiger partial charge is 0.328 e. The number of nitrogens with zero attached hydrogens (tertiary/aromatic N) is 3. The number of nitrogens with one attached hydrogen (secondary N) is 2. The number of nitrogen functional groups attached to an aromatic ring is 1. The fourth-order valence-electron chi connectivity index (χ4n) is 1.53. The molecule has 0 unspecified atom stereocenters. The molecule has 0 amide bonds. The molecule has 9 heteroatoms. The van der Waals surface area contributed by atoms with Gasteiger partial charge in [-0.15, -0.1) is 0 Å². The van der Waals surface area contributed by atoms with E-state index < -0.39 is 17.1 Å². The van der Waals surface area contributed by atoms with Crippen LogP contribution in [0, 0.1) is 12.7 Å². The van der Waals surface area contributed by atoms with Crippen molar-refractivity contribution >= 4 is 5.82 Å². The van der Waals surface area contributed by atoms with E-state index in [1.807, 2.05) is 4.98 Å². The summed E-state index contributed by atoms with van der Waals surface area (Å²) in [6.45, 7) is 1.64. The summed E-state index contributed by atoms with van der Waals surface area (Å²) in [5.74, 6) is 4.83. The van der Waals surface area contributed by atoms with Crippen molar-refractivity contribution in [3.8, 4) is 0 Å². The zero-order valence-electron chi connectivity index (χ0n) is 9.98. The molecular weight excluding hydrogens is 255 g/mol. The first kappa shape index (κ1) is 12.9. The first-order chi connectivity index (χ1) is 8.99. The molecule has 19 heavy (non-hydrogen) atoms. The van der Waals surface area contributed by atoms with Crippen LogP contribution in [0.2, 0.25) is 0 Å². The SMILES string of the molecule is Cc1cc(NN)nc(Cn2cc(F)c(=O)[nH]c2=O)n1. The lowest BCUT2D eigenvalue weighted by molar-refractivity contribution is 0.561. The second-order valence-corrected chi connectivity index (χ2v) is 3.82. The normalized spacial score (nSPS) is 10.5. The number of aromatic nitrogens is 4. The van der Waals surface area contributed by atoms with Gasteiger partial charge in [-0.3, -0.25) is 14.3 Å². The van der Waals surface area contributed by atoms with Gasteiger partial charge >= 0.3 is 5.69 Å². The van der Waals surface area contributed by atoms with Crippen LogP contribution in [0.25, 0.3) is 0 Å². The molecular formula is C10H11FN6O2. The van der Waals surface area contributed by atoms with Crippen LogP contribution < -0.4 is 22.5 Å². The molecule has 0 bridgehead atoms. The van der Waals surface area contributed by atoms with Crippen molar-refractivity contribution in [2.24, 2.45) is 5.84 Å². The van der Waals surface area contributed by atoms with Crippen LogP contribution in [-0.2, 0) is 6.54 Å². The lowest BCUT2D eigenvalue weighted by Crippen LogP contribution is -2.32. The van der Waals surface area contributed by atoms with Crippen molar-refractivity contribution in [1.29, 1.82) is 0 Å². The van der Waals surface area contributed by atoms with E-state index in [0.29, 0.717) is 11.5 Å². The molecule has 2 aromatic rings. The highest BCUT2D eigenvalue weighted by atomic mass is 19.1. The maximum Gasteiger partial charge on any atom is 0.328 e. The van der Waals surface area contributed by atoms with Gasteiger partial charge in [-0.25, -0.2) is 20.6 Å². The standard InChI is InChI=1S/C10H11FN6O2/c1-5-2-7(16-12)14-8(13-5)4-17-3-6(11)9(18)15-10(17)19/h2-3H,4,12H2,1H3,(H,13,14,16)(H,15,18,19). The molecule has 0 atom stereocenters. The van der Waals surface area contributed by atoms with Gasteiger partial charge in [-0.05, 0) is 6.92 Å². The molecule has 0 radical (unpaired) electrons. The van der Waals surface area contributed by atoms with Gasteiger partial charge in [-0.1, -0.05) is 0 Å². The van der Waals surface area contributed by atoms with E-state index in [0.717, 1.165) is 10.8 Å². The summed E-state index contributed by atoms with van der Waals surface area (Å²) in [7, 11) is 0. The Hall–Kier alpha value is -2.55. The Morgan fingerprint density at radius 3 is 2.89 bits per heavy atom. The van der Waals surface area contributed by atoms with Crippen LogP contribution >= 0.6 is 0 Å². The molecule has 2 heterocycles. The fourth-order valence-corrected chi connectivity index (χ4v) is 1.53. The van der Waals surface area contributed by atoms with E-state index in [1.165, 1.54) is 0 Å². The van der Waals surface area contributed by atoms with E-state index in [-0.39, 0.29) is 12.4 Å². The van der Waals surface area contributed by atoms with E-state index in [2.05, 4.69) is 15.4 Å². The van der Waals surface area contributed by atoms with Gasteiger partial charge in [0.2, 0.25) is 5.82 Å². The zero-order chi connectivity index (χ0) is 14.0. The molecule has 8 nitrogen and oxygen atoms in total. The Morgan fingerprint density at radius 2 is 2.21 bits per heavy atom. The van der Waals surface area contributed by atoms with Crippen LogP contribution in [0.5, 0.6) is 0 Å². The first-order valence-electron chi connectivity index (χ1n) is 5.30. The molecule has 0 spiro atoms. The average Bonchev–Trinajstić information content (AvgIpc) is 2.35. The minimum atomic E-state index is -1.06. The van der Waals surface area contributed by atoms with Crippen molar-refractivity contribution in [2.75, 3.05) is 5.43 Å². The maximum atomic E-state index is 13.1. The molecule has 0 aromatic carbocycles. The number of aryl methyl sites for hydroxylation is 1. The van der Waals surface area contributed by atoms with Crippen LogP contribution in [0.4, 0.5) is 10.2 Å². The van der Waals surface area contributed by atoms with Gasteiger partial charge in [0.05, 0.1) is 12.7 Å². The number of hydrogen-bond donors (Lipinski definition) is 3. The van der Waals surface area contributed by atoms with E-state index in [4.69, 9.17) is 5.84 Å². The summed E-state index contributed by atoms with van der Waals surface area (Å²) >= 11 is 0. The molecule has 2 rings (SSSR count). The number of H-pyrrole nitrogens is 1. The van der Waals surface area contributed by atoms with E-state index in [9.17, 15) is 14.0 Å². The number of halogens is 1. The minimum absolute atomic E-state index is 0.0805. The Bertz CT molecular complexity index is 723. The monoisotopic (exact) mass is 266 g/mol. The maximum absolute atomic E-state index is 13.1. The highest BCUT2D eigenvalue weighted by molar-refractivity contribution is 5.33. The van der Waals surface area contributed by atoms with Crippen LogP contribution in [0.3, 0.4) is 0 Å². The third-order valence-electron chi connectivity index (χ3n) is 2.33. The molecule has 0 aliphatic rings. The zero-order valence-corrected chi connectivity index (χ0v) is 9.98. The Morgan fingerprint density at radius 1 is 1.47 bits per heavy atom. The topological polar surface area (TPSA) is 119 Å².